The molecule has 3 aromatic carbocycles. The number of hydrogen-bond acceptors (Lipinski definition) is 2. The Morgan fingerprint density at radius 3 is 2.08 bits per heavy atom. The number of carbonyl (C=O) groups excluding carboxylic acids is 1. The fraction of sp³-hybridized carbons (Fsp3) is 0.0952. The van der Waals surface area contributed by atoms with E-state index in [0.717, 1.165) is 16.0 Å². The second-order valence-corrected chi connectivity index (χ2v) is 7.81. The third-order valence-corrected chi connectivity index (χ3v) is 5.80. The van der Waals surface area contributed by atoms with Crippen LogP contribution in [0.3, 0.4) is 0 Å². The van der Waals surface area contributed by atoms with Gasteiger partial charge in [0.1, 0.15) is 0 Å². The Bertz CT molecular complexity index is 867. The Hall–Kier alpha value is -1.59. The third kappa shape index (κ3) is 3.57. The number of thioether (sulfide) groups is 1. The van der Waals surface area contributed by atoms with Gasteiger partial charge in [0.05, 0.1) is 0 Å². The van der Waals surface area contributed by atoms with Gasteiger partial charge in [0, 0.05) is 14.0 Å². The van der Waals surface area contributed by atoms with Crippen LogP contribution in [0.15, 0.2) is 71.6 Å². The van der Waals surface area contributed by atoms with Crippen LogP contribution in [-0.2, 0) is 0 Å². The van der Waals surface area contributed by atoms with E-state index in [9.17, 15) is 4.79 Å². The summed E-state index contributed by atoms with van der Waals surface area (Å²) in [5.41, 5.74) is 5.53. The molecule has 0 aliphatic carbocycles. The second-order valence-electron chi connectivity index (χ2n) is 5.64. The summed E-state index contributed by atoms with van der Waals surface area (Å²) in [7, 11) is 0. The summed E-state index contributed by atoms with van der Waals surface area (Å²) < 4.78 is 1.20. The lowest BCUT2D eigenvalue weighted by Gasteiger charge is -2.16. The van der Waals surface area contributed by atoms with Crippen LogP contribution in [-0.4, -0.2) is 5.12 Å². The molecule has 0 unspecified atom stereocenters. The van der Waals surface area contributed by atoms with E-state index >= 15 is 0 Å². The Labute approximate surface area is 160 Å². The predicted molar refractivity (Wildman–Crippen MR) is 111 cm³/mol. The molecule has 1 nitrogen and oxygen atoms in total. The Balaban J connectivity index is 2.08. The molecule has 0 aliphatic heterocycles. The molecule has 0 radical (unpaired) electrons. The van der Waals surface area contributed by atoms with Gasteiger partial charge in [0.2, 0.25) is 5.12 Å². The Kier molecular flexibility index (Phi) is 5.41. The first kappa shape index (κ1) is 17.2. The zero-order chi connectivity index (χ0) is 17.1. The van der Waals surface area contributed by atoms with E-state index in [0.29, 0.717) is 0 Å². The normalized spacial score (nSPS) is 10.6. The highest BCUT2D eigenvalue weighted by Crippen LogP contribution is 2.39. The first-order valence-electron chi connectivity index (χ1n) is 7.70. The predicted octanol–water partition coefficient (Wildman–Crippen LogP) is 6.51. The van der Waals surface area contributed by atoms with E-state index < -0.39 is 0 Å². The summed E-state index contributed by atoms with van der Waals surface area (Å²) in [6, 6.07) is 21.9. The summed E-state index contributed by atoms with van der Waals surface area (Å²) in [6.45, 7) is 4.23. The molecular weight excluding hydrogens is 427 g/mol. The van der Waals surface area contributed by atoms with Crippen molar-refractivity contribution in [3.8, 4) is 11.1 Å². The van der Waals surface area contributed by atoms with Crippen molar-refractivity contribution in [3.05, 3.63) is 87.0 Å². The van der Waals surface area contributed by atoms with Crippen LogP contribution in [0.5, 0.6) is 0 Å². The van der Waals surface area contributed by atoms with Crippen molar-refractivity contribution < 1.29 is 4.79 Å². The lowest BCUT2D eigenvalue weighted by atomic mass is 9.97. The van der Waals surface area contributed by atoms with Gasteiger partial charge in [-0.15, -0.1) is 0 Å². The van der Waals surface area contributed by atoms with Gasteiger partial charge < -0.3 is 0 Å². The summed E-state index contributed by atoms with van der Waals surface area (Å²) >= 11 is 3.68. The van der Waals surface area contributed by atoms with Gasteiger partial charge in [-0.1, -0.05) is 54.6 Å². The number of hydrogen-bond donors (Lipinski definition) is 0. The number of carbonyl (C=O) groups is 1. The molecule has 24 heavy (non-hydrogen) atoms. The number of benzene rings is 3. The fourth-order valence-electron chi connectivity index (χ4n) is 2.73. The third-order valence-electron chi connectivity index (χ3n) is 3.92. The molecule has 120 valence electrons. The van der Waals surface area contributed by atoms with Crippen molar-refractivity contribution in [2.45, 2.75) is 18.7 Å². The minimum atomic E-state index is 0.0750. The Morgan fingerprint density at radius 1 is 0.792 bits per heavy atom. The minimum Gasteiger partial charge on any atom is -0.281 e. The molecule has 0 amide bonds. The summed E-state index contributed by atoms with van der Waals surface area (Å²) in [4.78, 5) is 13.7. The minimum absolute atomic E-state index is 0.0750. The maximum absolute atomic E-state index is 12.6. The van der Waals surface area contributed by atoms with Gasteiger partial charge in [-0.2, -0.15) is 0 Å². The molecule has 3 rings (SSSR count). The van der Waals surface area contributed by atoms with E-state index in [2.05, 4.69) is 60.7 Å². The highest BCUT2D eigenvalue weighted by atomic mass is 127. The average molecular weight is 444 g/mol. The van der Waals surface area contributed by atoms with E-state index in [-0.39, 0.29) is 5.12 Å². The topological polar surface area (TPSA) is 17.1 Å². The number of aryl methyl sites for hydroxylation is 2. The van der Waals surface area contributed by atoms with Crippen LogP contribution >= 0.6 is 34.4 Å². The molecule has 0 saturated carbocycles. The number of halogens is 1. The van der Waals surface area contributed by atoms with Crippen molar-refractivity contribution in [1.29, 1.82) is 0 Å². The van der Waals surface area contributed by atoms with Crippen LogP contribution < -0.4 is 0 Å². The van der Waals surface area contributed by atoms with Crippen LogP contribution in [0, 0.1) is 17.4 Å². The zero-order valence-electron chi connectivity index (χ0n) is 13.5. The van der Waals surface area contributed by atoms with Gasteiger partial charge in [0.15, 0.2) is 0 Å². The quantitative estimate of drug-likeness (QED) is 0.339. The molecule has 0 aromatic heterocycles. The molecule has 3 aromatic rings. The summed E-state index contributed by atoms with van der Waals surface area (Å²) in [5, 5.41) is 0.0750. The molecule has 3 heteroatoms. The monoisotopic (exact) mass is 444 g/mol. The number of rotatable bonds is 3. The van der Waals surface area contributed by atoms with Crippen LogP contribution in [0.25, 0.3) is 11.1 Å². The van der Waals surface area contributed by atoms with Crippen LogP contribution in [0.1, 0.15) is 21.5 Å². The zero-order valence-corrected chi connectivity index (χ0v) is 16.5. The van der Waals surface area contributed by atoms with Crippen molar-refractivity contribution in [1.82, 2.24) is 0 Å². The van der Waals surface area contributed by atoms with E-state index in [1.54, 1.807) is 0 Å². The van der Waals surface area contributed by atoms with Crippen molar-refractivity contribution in [3.63, 3.8) is 0 Å². The molecule has 0 saturated heterocycles. The van der Waals surface area contributed by atoms with Crippen molar-refractivity contribution in [2.75, 3.05) is 0 Å². The first-order valence-corrected chi connectivity index (χ1v) is 9.60. The molecule has 0 atom stereocenters. The van der Waals surface area contributed by atoms with E-state index in [1.165, 1.54) is 32.0 Å². The second kappa shape index (κ2) is 7.53. The SMILES string of the molecule is Cc1cccc(I)c1-c1c(C)cccc1SC(=O)c1ccccc1. The fourth-order valence-corrected chi connectivity index (χ4v) is 4.60. The molecule has 0 aliphatic rings. The summed E-state index contributed by atoms with van der Waals surface area (Å²) in [5.74, 6) is 0. The lowest BCUT2D eigenvalue weighted by Crippen LogP contribution is -1.97. The molecule has 0 fully saturated rings. The smallest absolute Gasteiger partial charge is 0.224 e. The van der Waals surface area contributed by atoms with E-state index in [4.69, 9.17) is 0 Å². The van der Waals surface area contributed by atoms with Gasteiger partial charge >= 0.3 is 0 Å². The lowest BCUT2D eigenvalue weighted by molar-refractivity contribution is 0.108. The molecular formula is C21H17IOS. The molecule has 0 spiro atoms. The van der Waals surface area contributed by atoms with Crippen molar-refractivity contribution in [2.24, 2.45) is 0 Å². The van der Waals surface area contributed by atoms with Crippen LogP contribution in [0.4, 0.5) is 0 Å². The van der Waals surface area contributed by atoms with Crippen molar-refractivity contribution >= 4 is 39.5 Å². The highest BCUT2D eigenvalue weighted by molar-refractivity contribution is 14.1. The average Bonchev–Trinajstić information content (AvgIpc) is 2.57. The highest BCUT2D eigenvalue weighted by Gasteiger charge is 2.17. The van der Waals surface area contributed by atoms with Gasteiger partial charge in [-0.05, 0) is 82.6 Å². The molecule has 0 bridgehead atoms. The first-order chi connectivity index (χ1) is 11.6. The largest absolute Gasteiger partial charge is 0.281 e. The Morgan fingerprint density at radius 2 is 1.42 bits per heavy atom. The van der Waals surface area contributed by atoms with Gasteiger partial charge in [-0.25, -0.2) is 0 Å². The molecule has 0 N–H and O–H groups in total. The van der Waals surface area contributed by atoms with Gasteiger partial charge in [0.25, 0.3) is 0 Å². The maximum Gasteiger partial charge on any atom is 0.224 e. The molecule has 0 heterocycles. The van der Waals surface area contributed by atoms with E-state index in [1.807, 2.05) is 42.5 Å². The maximum atomic E-state index is 12.6. The van der Waals surface area contributed by atoms with Crippen LogP contribution in [0.2, 0.25) is 0 Å². The standard InChI is InChI=1S/C21H17IOS/c1-14-8-6-12-17(22)19(14)20-15(2)9-7-13-18(20)24-21(23)16-10-4-3-5-11-16/h3-13H,1-2H3. The van der Waals surface area contributed by atoms with Gasteiger partial charge in [-0.3, -0.25) is 4.79 Å². The summed E-state index contributed by atoms with van der Waals surface area (Å²) in [6.07, 6.45) is 0.